The molecule has 0 saturated heterocycles. The number of benzene rings is 1. The summed E-state index contributed by atoms with van der Waals surface area (Å²) in [5.41, 5.74) is 1.48. The van der Waals surface area contributed by atoms with E-state index in [9.17, 15) is 9.59 Å². The zero-order chi connectivity index (χ0) is 10.3. The molecule has 4 nitrogen and oxygen atoms in total. The first-order valence-corrected chi connectivity index (χ1v) is 4.27. The highest BCUT2D eigenvalue weighted by molar-refractivity contribution is 6.01. The number of rotatable bonds is 1. The van der Waals surface area contributed by atoms with Gasteiger partial charge >= 0.3 is 5.97 Å². The smallest absolute Gasteiger partial charge is 0.335 e. The molecule has 0 saturated carbocycles. The Labute approximate surface area is 80.6 Å². The van der Waals surface area contributed by atoms with Gasteiger partial charge in [0, 0.05) is 5.56 Å². The van der Waals surface area contributed by atoms with Crippen molar-refractivity contribution in [2.45, 2.75) is 13.0 Å². The summed E-state index contributed by atoms with van der Waals surface area (Å²) in [5, 5.41) is 11.5. The van der Waals surface area contributed by atoms with Gasteiger partial charge < -0.3 is 10.4 Å². The van der Waals surface area contributed by atoms with Gasteiger partial charge in [-0.2, -0.15) is 0 Å². The van der Waals surface area contributed by atoms with Gasteiger partial charge in [-0.25, -0.2) is 4.79 Å². The minimum atomic E-state index is -1.01. The van der Waals surface area contributed by atoms with E-state index in [4.69, 9.17) is 5.11 Å². The second-order valence-electron chi connectivity index (χ2n) is 3.30. The van der Waals surface area contributed by atoms with Crippen molar-refractivity contribution in [2.24, 2.45) is 0 Å². The van der Waals surface area contributed by atoms with E-state index < -0.39 is 5.97 Å². The lowest BCUT2D eigenvalue weighted by Crippen LogP contribution is -2.16. The number of carboxylic acids is 1. The second kappa shape index (κ2) is 2.83. The number of carboxylic acid groups (broad SMARTS) is 1. The maximum absolute atomic E-state index is 11.3. The highest BCUT2D eigenvalue weighted by atomic mass is 16.4. The normalized spacial score (nSPS) is 18.9. The molecule has 1 aliphatic rings. The summed E-state index contributed by atoms with van der Waals surface area (Å²) < 4.78 is 0. The van der Waals surface area contributed by atoms with Crippen molar-refractivity contribution in [2.75, 3.05) is 0 Å². The molecule has 1 aromatic rings. The number of amides is 1. The summed E-state index contributed by atoms with van der Waals surface area (Å²) in [6, 6.07) is 4.58. The number of carbonyl (C=O) groups excluding carboxylic acids is 1. The van der Waals surface area contributed by atoms with Crippen LogP contribution in [0.2, 0.25) is 0 Å². The molecule has 4 heteroatoms. The molecule has 1 amide bonds. The molecule has 0 radical (unpaired) electrons. The van der Waals surface area contributed by atoms with E-state index in [1.54, 1.807) is 6.07 Å². The molecule has 0 aliphatic carbocycles. The standard InChI is InChI=1S/C10H9NO3/c1-5-7-3-2-6(10(13)14)4-8(7)9(12)11-5/h2-5H,1H3,(H,11,12)(H,13,14). The Morgan fingerprint density at radius 1 is 1.50 bits per heavy atom. The van der Waals surface area contributed by atoms with E-state index in [-0.39, 0.29) is 17.5 Å². The third-order valence-electron chi connectivity index (χ3n) is 2.36. The molecule has 14 heavy (non-hydrogen) atoms. The molecule has 0 aromatic heterocycles. The number of nitrogens with one attached hydrogen (secondary N) is 1. The van der Waals surface area contributed by atoms with Gasteiger partial charge in [-0.05, 0) is 24.6 Å². The molecule has 2 N–H and O–H groups in total. The van der Waals surface area contributed by atoms with Gasteiger partial charge in [-0.3, -0.25) is 4.79 Å². The lowest BCUT2D eigenvalue weighted by atomic mass is 10.0. The fraction of sp³-hybridized carbons (Fsp3) is 0.200. The molecule has 1 unspecified atom stereocenters. The Morgan fingerprint density at radius 3 is 2.86 bits per heavy atom. The van der Waals surface area contributed by atoms with Crippen LogP contribution in [-0.4, -0.2) is 17.0 Å². The van der Waals surface area contributed by atoms with E-state index in [2.05, 4.69) is 5.32 Å². The fourth-order valence-corrected chi connectivity index (χ4v) is 1.62. The van der Waals surface area contributed by atoms with Crippen molar-refractivity contribution in [3.63, 3.8) is 0 Å². The van der Waals surface area contributed by atoms with Crippen LogP contribution in [-0.2, 0) is 0 Å². The van der Waals surface area contributed by atoms with Crippen molar-refractivity contribution < 1.29 is 14.7 Å². The summed E-state index contributed by atoms with van der Waals surface area (Å²) in [4.78, 5) is 22.0. The van der Waals surface area contributed by atoms with E-state index in [1.807, 2.05) is 6.92 Å². The maximum atomic E-state index is 11.3. The third-order valence-corrected chi connectivity index (χ3v) is 2.36. The van der Waals surface area contributed by atoms with Crippen LogP contribution in [0.25, 0.3) is 0 Å². The monoisotopic (exact) mass is 191 g/mol. The van der Waals surface area contributed by atoms with Crippen molar-refractivity contribution in [3.8, 4) is 0 Å². The average Bonchev–Trinajstić information content (AvgIpc) is 2.42. The van der Waals surface area contributed by atoms with Gasteiger partial charge in [0.05, 0.1) is 11.6 Å². The minimum absolute atomic E-state index is 0.0275. The van der Waals surface area contributed by atoms with Gasteiger partial charge in [-0.15, -0.1) is 0 Å². The lowest BCUT2D eigenvalue weighted by Gasteiger charge is -2.02. The summed E-state index contributed by atoms with van der Waals surface area (Å²) >= 11 is 0. The van der Waals surface area contributed by atoms with Crippen LogP contribution in [0.1, 0.15) is 39.2 Å². The van der Waals surface area contributed by atoms with E-state index in [0.717, 1.165) is 5.56 Å². The van der Waals surface area contributed by atoms with Gasteiger partial charge in [0.15, 0.2) is 0 Å². The Hall–Kier alpha value is -1.84. The Bertz CT molecular complexity index is 425. The SMILES string of the molecule is CC1NC(=O)c2cc(C(=O)O)ccc21. The third kappa shape index (κ3) is 1.16. The number of aromatic carboxylic acids is 1. The number of hydrogen-bond acceptors (Lipinski definition) is 2. The van der Waals surface area contributed by atoms with E-state index >= 15 is 0 Å². The molecule has 1 aromatic carbocycles. The molecule has 1 aliphatic heterocycles. The fourth-order valence-electron chi connectivity index (χ4n) is 1.62. The molecule has 0 fully saturated rings. The first-order valence-electron chi connectivity index (χ1n) is 4.27. The summed E-state index contributed by atoms with van der Waals surface area (Å²) in [6.45, 7) is 1.87. The van der Waals surface area contributed by atoms with E-state index in [1.165, 1.54) is 12.1 Å². The molecular weight excluding hydrogens is 182 g/mol. The van der Waals surface area contributed by atoms with Crippen LogP contribution in [0.3, 0.4) is 0 Å². The average molecular weight is 191 g/mol. The van der Waals surface area contributed by atoms with Crippen LogP contribution in [0.15, 0.2) is 18.2 Å². The number of fused-ring (bicyclic) bond motifs is 1. The zero-order valence-electron chi connectivity index (χ0n) is 7.57. The molecule has 0 spiro atoms. The molecule has 1 heterocycles. The first-order chi connectivity index (χ1) is 6.59. The van der Waals surface area contributed by atoms with E-state index in [0.29, 0.717) is 5.56 Å². The van der Waals surface area contributed by atoms with Crippen molar-refractivity contribution in [1.29, 1.82) is 0 Å². The first kappa shape index (κ1) is 8.74. The van der Waals surface area contributed by atoms with Gasteiger partial charge in [0.25, 0.3) is 5.91 Å². The van der Waals surface area contributed by atoms with Crippen molar-refractivity contribution in [1.82, 2.24) is 5.32 Å². The maximum Gasteiger partial charge on any atom is 0.335 e. The van der Waals surface area contributed by atoms with Gasteiger partial charge in [-0.1, -0.05) is 6.07 Å². The number of carbonyl (C=O) groups is 2. The lowest BCUT2D eigenvalue weighted by molar-refractivity contribution is 0.0697. The molecule has 0 bridgehead atoms. The molecular formula is C10H9NO3. The molecule has 2 rings (SSSR count). The highest BCUT2D eigenvalue weighted by Crippen LogP contribution is 2.25. The van der Waals surface area contributed by atoms with Gasteiger partial charge in [0.1, 0.15) is 0 Å². The minimum Gasteiger partial charge on any atom is -0.478 e. The van der Waals surface area contributed by atoms with Crippen molar-refractivity contribution in [3.05, 3.63) is 34.9 Å². The second-order valence-corrected chi connectivity index (χ2v) is 3.30. The summed E-state index contributed by atoms with van der Waals surface area (Å²) in [5.74, 6) is -1.21. The quantitative estimate of drug-likeness (QED) is 0.700. The Balaban J connectivity index is 2.55. The van der Waals surface area contributed by atoms with Crippen molar-refractivity contribution >= 4 is 11.9 Å². The Morgan fingerprint density at radius 2 is 2.21 bits per heavy atom. The zero-order valence-corrected chi connectivity index (χ0v) is 7.57. The van der Waals surface area contributed by atoms with Crippen LogP contribution in [0, 0.1) is 0 Å². The predicted octanol–water partition coefficient (Wildman–Crippen LogP) is 1.19. The molecule has 72 valence electrons. The summed E-state index contributed by atoms with van der Waals surface area (Å²) in [6.07, 6.45) is 0. The molecule has 1 atom stereocenters. The number of hydrogen-bond donors (Lipinski definition) is 2. The van der Waals surface area contributed by atoms with Crippen LogP contribution in [0.5, 0.6) is 0 Å². The largest absolute Gasteiger partial charge is 0.478 e. The van der Waals surface area contributed by atoms with Crippen LogP contribution < -0.4 is 5.32 Å². The Kier molecular flexibility index (Phi) is 1.77. The summed E-state index contributed by atoms with van der Waals surface area (Å²) in [7, 11) is 0. The van der Waals surface area contributed by atoms with Gasteiger partial charge in [0.2, 0.25) is 0 Å². The topological polar surface area (TPSA) is 66.4 Å². The van der Waals surface area contributed by atoms with Crippen LogP contribution >= 0.6 is 0 Å². The van der Waals surface area contributed by atoms with Crippen LogP contribution in [0.4, 0.5) is 0 Å². The highest BCUT2D eigenvalue weighted by Gasteiger charge is 2.25. The predicted molar refractivity (Wildman–Crippen MR) is 49.3 cm³/mol.